The summed E-state index contributed by atoms with van der Waals surface area (Å²) in [5, 5.41) is 0.558. The first-order valence-corrected chi connectivity index (χ1v) is 6.68. The topological polar surface area (TPSA) is 8.88 Å². The van der Waals surface area contributed by atoms with Gasteiger partial charge in [0.05, 0.1) is 17.1 Å². The molecule has 1 saturated heterocycles. The maximum Gasteiger partial charge on any atom is 0.133 e. The molecule has 0 bridgehead atoms. The van der Waals surface area contributed by atoms with E-state index in [-0.39, 0.29) is 5.82 Å². The van der Waals surface area contributed by atoms with Gasteiger partial charge in [0.2, 0.25) is 0 Å². The summed E-state index contributed by atoms with van der Waals surface area (Å²) in [5.41, 5.74) is 0.670. The van der Waals surface area contributed by atoms with Crippen molar-refractivity contribution >= 4 is 11.6 Å². The average Bonchev–Trinajstić information content (AvgIpc) is 2.35. The number of halogens is 2. The molecule has 1 aromatic rings. The second-order valence-electron chi connectivity index (χ2n) is 4.73. The van der Waals surface area contributed by atoms with Gasteiger partial charge < -0.3 is 9.80 Å². The number of nitrogens with one attached hydrogen (secondary N) is 2. The Bertz CT molecular complexity index is 355. The summed E-state index contributed by atoms with van der Waals surface area (Å²) < 4.78 is 13.6. The molecule has 0 saturated carbocycles. The first kappa shape index (κ1) is 12.8. The van der Waals surface area contributed by atoms with Crippen molar-refractivity contribution < 1.29 is 14.2 Å². The molecule has 1 aliphatic rings. The Morgan fingerprint density at radius 3 is 2.41 bits per heavy atom. The van der Waals surface area contributed by atoms with E-state index in [1.165, 1.54) is 30.6 Å². The molecule has 0 spiro atoms. The summed E-state index contributed by atoms with van der Waals surface area (Å²) in [6, 6.07) is 4.93. The van der Waals surface area contributed by atoms with Crippen molar-refractivity contribution in [3.63, 3.8) is 0 Å². The maximum atomic E-state index is 13.6. The molecule has 0 radical (unpaired) electrons. The minimum atomic E-state index is -0.171. The number of benzene rings is 1. The molecular formula is C13H20ClFN2+2. The van der Waals surface area contributed by atoms with Gasteiger partial charge in [0.15, 0.2) is 0 Å². The molecule has 0 aliphatic carbocycles. The predicted molar refractivity (Wildman–Crippen MR) is 67.0 cm³/mol. The molecule has 17 heavy (non-hydrogen) atoms. The minimum absolute atomic E-state index is 0.171. The van der Waals surface area contributed by atoms with Gasteiger partial charge in [-0.1, -0.05) is 17.7 Å². The number of piperazine rings is 1. The summed E-state index contributed by atoms with van der Waals surface area (Å²) in [5.74, 6) is -0.171. The molecular weight excluding hydrogens is 239 g/mol. The van der Waals surface area contributed by atoms with Crippen molar-refractivity contribution in [2.75, 3.05) is 32.7 Å². The monoisotopic (exact) mass is 258 g/mol. The summed E-state index contributed by atoms with van der Waals surface area (Å²) in [7, 11) is 0. The molecule has 1 heterocycles. The molecule has 1 aliphatic heterocycles. The lowest BCUT2D eigenvalue weighted by Gasteiger charge is -2.29. The van der Waals surface area contributed by atoms with Crippen LogP contribution in [0.4, 0.5) is 4.39 Å². The van der Waals surface area contributed by atoms with Crippen LogP contribution in [0.5, 0.6) is 0 Å². The molecule has 1 aromatic carbocycles. The lowest BCUT2D eigenvalue weighted by molar-refractivity contribution is -1.02. The Balaban J connectivity index is 1.98. The molecule has 0 atom stereocenters. The lowest BCUT2D eigenvalue weighted by Crippen LogP contribution is -3.27. The fourth-order valence-electron chi connectivity index (χ4n) is 2.44. The fraction of sp³-hybridized carbons (Fsp3) is 0.538. The number of rotatable bonds is 3. The van der Waals surface area contributed by atoms with Crippen LogP contribution in [0.15, 0.2) is 18.2 Å². The zero-order valence-corrected chi connectivity index (χ0v) is 11.0. The zero-order valence-electron chi connectivity index (χ0n) is 10.2. The summed E-state index contributed by atoms with van der Waals surface area (Å²) in [6.07, 6.45) is 0. The first-order chi connectivity index (χ1) is 8.20. The van der Waals surface area contributed by atoms with E-state index in [4.69, 9.17) is 11.6 Å². The van der Waals surface area contributed by atoms with Crippen LogP contribution >= 0.6 is 11.6 Å². The van der Waals surface area contributed by atoms with E-state index in [1.807, 2.05) is 0 Å². The molecule has 2 rings (SSSR count). The number of hydrogen-bond donors (Lipinski definition) is 2. The van der Waals surface area contributed by atoms with Crippen molar-refractivity contribution in [3.05, 3.63) is 34.6 Å². The molecule has 0 amide bonds. The van der Waals surface area contributed by atoms with Crippen LogP contribution < -0.4 is 9.80 Å². The normalized spacial score (nSPS) is 24.9. The third-order valence-electron chi connectivity index (χ3n) is 3.65. The van der Waals surface area contributed by atoms with Crippen molar-refractivity contribution in [3.8, 4) is 0 Å². The second kappa shape index (κ2) is 5.80. The Hall–Kier alpha value is -0.640. The van der Waals surface area contributed by atoms with E-state index in [9.17, 15) is 4.39 Å². The van der Waals surface area contributed by atoms with E-state index >= 15 is 0 Å². The van der Waals surface area contributed by atoms with Crippen molar-refractivity contribution in [1.82, 2.24) is 0 Å². The highest BCUT2D eigenvalue weighted by molar-refractivity contribution is 6.31. The smallest absolute Gasteiger partial charge is 0.133 e. The number of likely N-dealkylation sites (N-methyl/N-ethyl adjacent to an activating group) is 1. The van der Waals surface area contributed by atoms with E-state index in [1.54, 1.807) is 17.0 Å². The van der Waals surface area contributed by atoms with Gasteiger partial charge in [-0.25, -0.2) is 4.39 Å². The quantitative estimate of drug-likeness (QED) is 0.742. The third-order valence-corrected chi connectivity index (χ3v) is 4.01. The molecule has 2 nitrogen and oxygen atoms in total. The highest BCUT2D eigenvalue weighted by atomic mass is 35.5. The summed E-state index contributed by atoms with van der Waals surface area (Å²) in [4.78, 5) is 3.09. The van der Waals surface area contributed by atoms with Crippen LogP contribution in [0.2, 0.25) is 5.02 Å². The highest BCUT2D eigenvalue weighted by Gasteiger charge is 2.23. The van der Waals surface area contributed by atoms with E-state index in [0.717, 1.165) is 13.1 Å². The van der Waals surface area contributed by atoms with Crippen LogP contribution in [-0.4, -0.2) is 32.7 Å². The molecule has 4 heteroatoms. The standard InChI is InChI=1S/C13H18ClFN2/c1-2-16-6-8-17(9-7-16)10-11-12(14)4-3-5-13(11)15/h3-5H,2,6-10H2,1H3/p+2. The van der Waals surface area contributed by atoms with Crippen LogP contribution in [0.25, 0.3) is 0 Å². The molecule has 2 N–H and O–H groups in total. The van der Waals surface area contributed by atoms with Gasteiger partial charge in [-0.05, 0) is 19.1 Å². The van der Waals surface area contributed by atoms with E-state index in [2.05, 4.69) is 6.92 Å². The van der Waals surface area contributed by atoms with Gasteiger partial charge in [0, 0.05) is 0 Å². The summed E-state index contributed by atoms with van der Waals surface area (Å²) in [6.45, 7) is 8.68. The van der Waals surface area contributed by atoms with Gasteiger partial charge in [-0.15, -0.1) is 0 Å². The van der Waals surface area contributed by atoms with Crippen molar-refractivity contribution in [2.45, 2.75) is 13.5 Å². The van der Waals surface area contributed by atoms with Gasteiger partial charge in [0.1, 0.15) is 38.5 Å². The Morgan fingerprint density at radius 1 is 1.18 bits per heavy atom. The van der Waals surface area contributed by atoms with E-state index in [0.29, 0.717) is 17.1 Å². The second-order valence-corrected chi connectivity index (χ2v) is 5.14. The van der Waals surface area contributed by atoms with Crippen molar-refractivity contribution in [2.24, 2.45) is 0 Å². The third kappa shape index (κ3) is 3.18. The number of quaternary nitrogens is 2. The average molecular weight is 259 g/mol. The van der Waals surface area contributed by atoms with E-state index < -0.39 is 0 Å². The molecule has 94 valence electrons. The van der Waals surface area contributed by atoms with Gasteiger partial charge in [-0.2, -0.15) is 0 Å². The van der Waals surface area contributed by atoms with Crippen LogP contribution in [0, 0.1) is 5.82 Å². The summed E-state index contributed by atoms with van der Waals surface area (Å²) >= 11 is 6.05. The Kier molecular flexibility index (Phi) is 4.37. The Labute approximate surface area is 107 Å². The Morgan fingerprint density at radius 2 is 1.82 bits per heavy atom. The van der Waals surface area contributed by atoms with Crippen LogP contribution in [0.3, 0.4) is 0 Å². The largest absolute Gasteiger partial charge is 0.326 e. The predicted octanol–water partition coefficient (Wildman–Crippen LogP) is -0.218. The van der Waals surface area contributed by atoms with Crippen LogP contribution in [0.1, 0.15) is 12.5 Å². The molecule has 0 unspecified atom stereocenters. The number of hydrogen-bond acceptors (Lipinski definition) is 0. The highest BCUT2D eigenvalue weighted by Crippen LogP contribution is 2.17. The first-order valence-electron chi connectivity index (χ1n) is 6.30. The van der Waals surface area contributed by atoms with Gasteiger partial charge in [0.25, 0.3) is 0 Å². The molecule has 1 fully saturated rings. The molecule has 0 aromatic heterocycles. The maximum absolute atomic E-state index is 13.6. The van der Waals surface area contributed by atoms with Crippen molar-refractivity contribution in [1.29, 1.82) is 0 Å². The zero-order chi connectivity index (χ0) is 12.3. The van der Waals surface area contributed by atoms with Gasteiger partial charge >= 0.3 is 0 Å². The lowest BCUT2D eigenvalue weighted by atomic mass is 10.2. The van der Waals surface area contributed by atoms with Crippen LogP contribution in [-0.2, 0) is 6.54 Å². The fourth-order valence-corrected chi connectivity index (χ4v) is 2.67. The SMILES string of the molecule is CC[NH+]1CC[NH+](Cc2c(F)cccc2Cl)CC1. The van der Waals surface area contributed by atoms with Gasteiger partial charge in [-0.3, -0.25) is 0 Å². The minimum Gasteiger partial charge on any atom is -0.326 e.